The first-order chi connectivity index (χ1) is 15.0. The van der Waals surface area contributed by atoms with Gasteiger partial charge in [0.2, 0.25) is 0 Å². The van der Waals surface area contributed by atoms with E-state index < -0.39 is 5.97 Å². The number of carboxylic acid groups (broad SMARTS) is 1. The molecule has 1 heterocycles. The fourth-order valence-electron chi connectivity index (χ4n) is 3.23. The lowest BCUT2D eigenvalue weighted by Gasteiger charge is -2.15. The number of benzene rings is 3. The topological polar surface area (TPSA) is 59.4 Å². The van der Waals surface area contributed by atoms with Gasteiger partial charge in [-0.25, -0.2) is 14.2 Å². The average Bonchev–Trinajstić information content (AvgIpc) is 2.79. The predicted octanol–water partition coefficient (Wildman–Crippen LogP) is 6.59. The molecule has 31 heavy (non-hydrogen) atoms. The van der Waals surface area contributed by atoms with Crippen LogP contribution in [0.5, 0.6) is 5.75 Å². The normalized spacial score (nSPS) is 10.6. The van der Waals surface area contributed by atoms with Gasteiger partial charge >= 0.3 is 5.97 Å². The Balaban J connectivity index is 1.75. The second-order valence-electron chi connectivity index (χ2n) is 6.81. The number of ether oxygens (including phenoxy) is 1. The third kappa shape index (κ3) is 4.81. The third-order valence-corrected chi connectivity index (χ3v) is 5.20. The minimum atomic E-state index is -1.08. The molecule has 0 aliphatic rings. The Morgan fingerprint density at radius 2 is 1.65 bits per heavy atom. The van der Waals surface area contributed by atoms with Gasteiger partial charge in [0, 0.05) is 15.6 Å². The van der Waals surface area contributed by atoms with E-state index in [1.165, 1.54) is 18.2 Å². The Labute approximate surface area is 187 Å². The molecule has 0 saturated carbocycles. The van der Waals surface area contributed by atoms with Crippen molar-refractivity contribution in [3.05, 3.63) is 106 Å². The molecular formula is C25H17BrFNO3. The van der Waals surface area contributed by atoms with Gasteiger partial charge in [-0.3, -0.25) is 0 Å². The summed E-state index contributed by atoms with van der Waals surface area (Å²) >= 11 is 3.52. The van der Waals surface area contributed by atoms with E-state index >= 15 is 0 Å². The number of aromatic nitrogens is 1. The molecular weight excluding hydrogens is 461 g/mol. The van der Waals surface area contributed by atoms with Crippen molar-refractivity contribution in [3.63, 3.8) is 0 Å². The van der Waals surface area contributed by atoms with Crippen LogP contribution in [0.4, 0.5) is 4.39 Å². The molecule has 1 aromatic heterocycles. The van der Waals surface area contributed by atoms with Crippen LogP contribution in [0.15, 0.2) is 89.4 Å². The first-order valence-electron chi connectivity index (χ1n) is 9.48. The van der Waals surface area contributed by atoms with Crippen molar-refractivity contribution < 1.29 is 19.0 Å². The highest BCUT2D eigenvalue weighted by atomic mass is 79.9. The van der Waals surface area contributed by atoms with Crippen LogP contribution in [-0.4, -0.2) is 16.1 Å². The first kappa shape index (κ1) is 20.8. The Hall–Kier alpha value is -3.51. The van der Waals surface area contributed by atoms with Crippen molar-refractivity contribution in [1.29, 1.82) is 0 Å². The summed E-state index contributed by atoms with van der Waals surface area (Å²) in [7, 11) is 0. The SMILES string of the molecule is O=C(O)c1cccc(-c2ccccc2-c2cc(Br)ccc2OCc2ccc(F)cc2)n1. The van der Waals surface area contributed by atoms with Gasteiger partial charge < -0.3 is 9.84 Å². The summed E-state index contributed by atoms with van der Waals surface area (Å²) in [5, 5.41) is 9.31. The smallest absolute Gasteiger partial charge is 0.354 e. The number of pyridine rings is 1. The average molecular weight is 478 g/mol. The second kappa shape index (κ2) is 9.10. The molecule has 0 aliphatic heterocycles. The predicted molar refractivity (Wildman–Crippen MR) is 121 cm³/mol. The van der Waals surface area contributed by atoms with Crippen LogP contribution >= 0.6 is 15.9 Å². The van der Waals surface area contributed by atoms with E-state index in [2.05, 4.69) is 20.9 Å². The Morgan fingerprint density at radius 3 is 2.39 bits per heavy atom. The summed E-state index contributed by atoms with van der Waals surface area (Å²) in [5.74, 6) is -0.724. The van der Waals surface area contributed by atoms with E-state index in [4.69, 9.17) is 4.74 Å². The molecule has 4 rings (SSSR count). The molecule has 1 N–H and O–H groups in total. The lowest BCUT2D eigenvalue weighted by molar-refractivity contribution is 0.0690. The number of hydrogen-bond acceptors (Lipinski definition) is 3. The lowest BCUT2D eigenvalue weighted by Crippen LogP contribution is -2.01. The van der Waals surface area contributed by atoms with Crippen molar-refractivity contribution >= 4 is 21.9 Å². The Morgan fingerprint density at radius 1 is 0.903 bits per heavy atom. The van der Waals surface area contributed by atoms with E-state index in [1.54, 1.807) is 24.3 Å². The third-order valence-electron chi connectivity index (χ3n) is 4.71. The van der Waals surface area contributed by atoms with Gasteiger partial charge in [0.1, 0.15) is 23.9 Å². The molecule has 0 radical (unpaired) electrons. The van der Waals surface area contributed by atoms with E-state index in [0.717, 1.165) is 26.7 Å². The Kier molecular flexibility index (Phi) is 6.09. The molecule has 154 valence electrons. The number of nitrogens with zero attached hydrogens (tertiary/aromatic N) is 1. The first-order valence-corrected chi connectivity index (χ1v) is 10.3. The van der Waals surface area contributed by atoms with Crippen LogP contribution in [0.1, 0.15) is 16.1 Å². The molecule has 3 aromatic carbocycles. The summed E-state index contributed by atoms with van der Waals surface area (Å²) in [6.45, 7) is 0.282. The maximum Gasteiger partial charge on any atom is 0.354 e. The van der Waals surface area contributed by atoms with Crippen LogP contribution < -0.4 is 4.74 Å². The van der Waals surface area contributed by atoms with Crippen molar-refractivity contribution in [2.45, 2.75) is 6.61 Å². The number of carbonyl (C=O) groups is 1. The molecule has 0 saturated heterocycles. The molecule has 0 spiro atoms. The monoisotopic (exact) mass is 477 g/mol. The number of carboxylic acids is 1. The van der Waals surface area contributed by atoms with Crippen molar-refractivity contribution in [1.82, 2.24) is 4.98 Å². The summed E-state index contributed by atoms with van der Waals surface area (Å²) < 4.78 is 20.1. The zero-order chi connectivity index (χ0) is 21.8. The summed E-state index contributed by atoms with van der Waals surface area (Å²) in [4.78, 5) is 15.7. The van der Waals surface area contributed by atoms with Gasteiger partial charge in [-0.05, 0) is 53.6 Å². The van der Waals surface area contributed by atoms with Crippen LogP contribution in [0.25, 0.3) is 22.4 Å². The maximum absolute atomic E-state index is 13.2. The maximum atomic E-state index is 13.2. The fraction of sp³-hybridized carbons (Fsp3) is 0.0400. The summed E-state index contributed by atoms with van der Waals surface area (Å²) in [5.41, 5.74) is 3.85. The van der Waals surface area contributed by atoms with Crippen molar-refractivity contribution in [3.8, 4) is 28.1 Å². The number of aromatic carboxylic acids is 1. The van der Waals surface area contributed by atoms with Crippen LogP contribution in [0.2, 0.25) is 0 Å². The number of hydrogen-bond donors (Lipinski definition) is 1. The highest BCUT2D eigenvalue weighted by Crippen LogP contribution is 2.38. The van der Waals surface area contributed by atoms with Crippen molar-refractivity contribution in [2.24, 2.45) is 0 Å². The quantitative estimate of drug-likeness (QED) is 0.340. The number of rotatable bonds is 6. The molecule has 0 bridgehead atoms. The van der Waals surface area contributed by atoms with Gasteiger partial charge in [-0.1, -0.05) is 58.4 Å². The van der Waals surface area contributed by atoms with Crippen LogP contribution in [0.3, 0.4) is 0 Å². The van der Waals surface area contributed by atoms with Gasteiger partial charge in [0.05, 0.1) is 5.69 Å². The summed E-state index contributed by atoms with van der Waals surface area (Å²) in [6.07, 6.45) is 0. The standard InChI is InChI=1S/C25H17BrFNO3/c26-17-10-13-24(31-15-16-8-11-18(27)12-9-16)21(14-17)19-4-1-2-5-20(19)22-6-3-7-23(28-22)25(29)30/h1-14H,15H2,(H,29,30). The molecule has 4 nitrogen and oxygen atoms in total. The van der Waals surface area contributed by atoms with Gasteiger partial charge in [-0.15, -0.1) is 0 Å². The number of halogens is 2. The minimum Gasteiger partial charge on any atom is -0.488 e. The summed E-state index contributed by atoms with van der Waals surface area (Å²) in [6, 6.07) is 24.4. The highest BCUT2D eigenvalue weighted by Gasteiger charge is 2.15. The fourth-order valence-corrected chi connectivity index (χ4v) is 3.59. The molecule has 4 aromatic rings. The van der Waals surface area contributed by atoms with Crippen LogP contribution in [0, 0.1) is 5.82 Å². The van der Waals surface area contributed by atoms with Gasteiger partial charge in [0.25, 0.3) is 0 Å². The zero-order valence-electron chi connectivity index (χ0n) is 16.3. The second-order valence-corrected chi connectivity index (χ2v) is 7.73. The van der Waals surface area contributed by atoms with Gasteiger partial charge in [0.15, 0.2) is 0 Å². The van der Waals surface area contributed by atoms with E-state index in [0.29, 0.717) is 11.4 Å². The minimum absolute atomic E-state index is 0.0191. The van der Waals surface area contributed by atoms with E-state index in [-0.39, 0.29) is 18.1 Å². The Bertz CT molecular complexity index is 1240. The van der Waals surface area contributed by atoms with Crippen molar-refractivity contribution in [2.75, 3.05) is 0 Å². The highest BCUT2D eigenvalue weighted by molar-refractivity contribution is 9.10. The molecule has 0 atom stereocenters. The van der Waals surface area contributed by atoms with E-state index in [1.807, 2.05) is 42.5 Å². The lowest BCUT2D eigenvalue weighted by atomic mass is 9.96. The molecule has 0 fully saturated rings. The molecule has 6 heteroatoms. The molecule has 0 amide bonds. The van der Waals surface area contributed by atoms with E-state index in [9.17, 15) is 14.3 Å². The zero-order valence-corrected chi connectivity index (χ0v) is 17.8. The van der Waals surface area contributed by atoms with Crippen LogP contribution in [-0.2, 0) is 6.61 Å². The molecule has 0 unspecified atom stereocenters. The molecule has 0 aliphatic carbocycles. The van der Waals surface area contributed by atoms with Gasteiger partial charge in [-0.2, -0.15) is 0 Å². The largest absolute Gasteiger partial charge is 0.488 e.